The van der Waals surface area contributed by atoms with Gasteiger partial charge in [-0.25, -0.2) is 4.98 Å². The van der Waals surface area contributed by atoms with E-state index in [4.69, 9.17) is 4.74 Å². The first-order valence-electron chi connectivity index (χ1n) is 10.9. The highest BCUT2D eigenvalue weighted by atomic mass is 16.5. The van der Waals surface area contributed by atoms with Gasteiger partial charge < -0.3 is 19.4 Å². The number of benzene rings is 2. The molecule has 0 spiro atoms. The van der Waals surface area contributed by atoms with Gasteiger partial charge in [-0.15, -0.1) is 0 Å². The van der Waals surface area contributed by atoms with Crippen LogP contribution >= 0.6 is 0 Å². The van der Waals surface area contributed by atoms with Gasteiger partial charge in [-0.05, 0) is 66.9 Å². The number of hydrogen-bond acceptors (Lipinski definition) is 4. The smallest absolute Gasteiger partial charge is 0.255 e. The quantitative estimate of drug-likeness (QED) is 0.500. The van der Waals surface area contributed by atoms with E-state index >= 15 is 0 Å². The normalized spacial score (nSPS) is 12.6. The maximum Gasteiger partial charge on any atom is 0.255 e. The molecule has 0 fully saturated rings. The van der Waals surface area contributed by atoms with E-state index in [0.29, 0.717) is 30.2 Å². The number of rotatable bonds is 5. The van der Waals surface area contributed by atoms with Crippen molar-refractivity contribution in [3.8, 4) is 5.75 Å². The minimum atomic E-state index is -0.218. The number of imidazole rings is 1. The Morgan fingerprint density at radius 3 is 2.82 bits per heavy atom. The second-order valence-corrected chi connectivity index (χ2v) is 8.24. The highest BCUT2D eigenvalue weighted by Crippen LogP contribution is 2.30. The number of carbonyl (C=O) groups excluding carboxylic acids is 2. The van der Waals surface area contributed by atoms with Crippen molar-refractivity contribution >= 4 is 28.8 Å². The molecule has 2 amide bonds. The van der Waals surface area contributed by atoms with Crippen LogP contribution in [0.4, 0.5) is 11.4 Å². The molecule has 0 atom stereocenters. The summed E-state index contributed by atoms with van der Waals surface area (Å²) in [7, 11) is 0. The molecule has 0 saturated heterocycles. The monoisotopic (exact) mass is 440 g/mol. The second-order valence-electron chi connectivity index (χ2n) is 8.24. The molecule has 0 radical (unpaired) electrons. The first kappa shape index (κ1) is 20.8. The standard InChI is InChI=1S/C26H24N4O3/c1-17-6-9-25-27-22(15-29(25)14-17)16-33-23-5-3-4-20(13-23)26(32)28-21-7-8-24-19(12-21)10-11-30(24)18(2)31/h3-9,12-15H,10-11,16H2,1-2H3,(H,28,32). The summed E-state index contributed by atoms with van der Waals surface area (Å²) in [6.07, 6.45) is 4.75. The van der Waals surface area contributed by atoms with Crippen LogP contribution in [0.3, 0.4) is 0 Å². The van der Waals surface area contributed by atoms with Crippen molar-refractivity contribution in [1.29, 1.82) is 0 Å². The van der Waals surface area contributed by atoms with Crippen molar-refractivity contribution in [3.63, 3.8) is 0 Å². The first-order valence-corrected chi connectivity index (χ1v) is 10.9. The molecule has 0 unspecified atom stereocenters. The van der Waals surface area contributed by atoms with Crippen LogP contribution in [0.15, 0.2) is 67.0 Å². The molecular formula is C26H24N4O3. The number of fused-ring (bicyclic) bond motifs is 2. The van der Waals surface area contributed by atoms with E-state index in [0.717, 1.165) is 34.6 Å². The molecule has 7 heteroatoms. The number of amides is 2. The third-order valence-corrected chi connectivity index (χ3v) is 5.74. The lowest BCUT2D eigenvalue weighted by Crippen LogP contribution is -2.25. The molecule has 1 aliphatic heterocycles. The zero-order chi connectivity index (χ0) is 22.9. The van der Waals surface area contributed by atoms with Crippen LogP contribution in [0.25, 0.3) is 5.65 Å². The summed E-state index contributed by atoms with van der Waals surface area (Å²) < 4.78 is 7.87. The van der Waals surface area contributed by atoms with Crippen molar-refractivity contribution in [2.24, 2.45) is 0 Å². The number of pyridine rings is 1. The maximum atomic E-state index is 12.8. The lowest BCUT2D eigenvalue weighted by Gasteiger charge is -2.15. The lowest BCUT2D eigenvalue weighted by molar-refractivity contribution is -0.116. The Bertz CT molecular complexity index is 1380. The van der Waals surface area contributed by atoms with Crippen LogP contribution in [0.1, 0.15) is 34.1 Å². The number of aromatic nitrogens is 2. The molecule has 0 bridgehead atoms. The van der Waals surface area contributed by atoms with Crippen LogP contribution in [0, 0.1) is 6.92 Å². The minimum Gasteiger partial charge on any atom is -0.487 e. The number of nitrogens with zero attached hydrogens (tertiary/aromatic N) is 3. The van der Waals surface area contributed by atoms with Crippen molar-refractivity contribution < 1.29 is 14.3 Å². The molecule has 2 aromatic heterocycles. The Hall–Kier alpha value is -4.13. The summed E-state index contributed by atoms with van der Waals surface area (Å²) in [6.45, 7) is 4.59. The van der Waals surface area contributed by atoms with Crippen LogP contribution in [-0.4, -0.2) is 27.7 Å². The average Bonchev–Trinajstić information content (AvgIpc) is 3.41. The molecule has 7 nitrogen and oxygen atoms in total. The molecule has 4 aromatic rings. The molecule has 5 rings (SSSR count). The molecule has 3 heterocycles. The van der Waals surface area contributed by atoms with Crippen LogP contribution in [-0.2, 0) is 17.8 Å². The summed E-state index contributed by atoms with van der Waals surface area (Å²) in [5.41, 5.74) is 6.02. The van der Waals surface area contributed by atoms with E-state index < -0.39 is 0 Å². The summed E-state index contributed by atoms with van der Waals surface area (Å²) in [5.74, 6) is 0.410. The zero-order valence-corrected chi connectivity index (χ0v) is 18.5. The van der Waals surface area contributed by atoms with Gasteiger partial charge in [0.05, 0.1) is 5.69 Å². The predicted octanol–water partition coefficient (Wildman–Crippen LogP) is 4.38. The van der Waals surface area contributed by atoms with Crippen LogP contribution in [0.2, 0.25) is 0 Å². The van der Waals surface area contributed by atoms with Gasteiger partial charge in [-0.3, -0.25) is 9.59 Å². The molecule has 0 saturated carbocycles. The fourth-order valence-corrected chi connectivity index (χ4v) is 4.12. The average molecular weight is 441 g/mol. The van der Waals surface area contributed by atoms with Gasteiger partial charge in [0.2, 0.25) is 5.91 Å². The minimum absolute atomic E-state index is 0.0288. The Balaban J connectivity index is 1.26. The fraction of sp³-hybridized carbons (Fsp3) is 0.192. The summed E-state index contributed by atoms with van der Waals surface area (Å²) >= 11 is 0. The Kier molecular flexibility index (Phi) is 5.30. The maximum absolute atomic E-state index is 12.8. The van der Waals surface area contributed by atoms with E-state index in [2.05, 4.69) is 10.3 Å². The Morgan fingerprint density at radius 2 is 1.97 bits per heavy atom. The SMILES string of the molecule is CC(=O)N1CCc2cc(NC(=O)c3cccc(OCc4cn5cc(C)ccc5n4)c3)ccc21. The van der Waals surface area contributed by atoms with Crippen LogP contribution in [0.5, 0.6) is 5.75 Å². The molecule has 166 valence electrons. The third kappa shape index (κ3) is 4.30. The first-order chi connectivity index (χ1) is 16.0. The zero-order valence-electron chi connectivity index (χ0n) is 18.5. The largest absolute Gasteiger partial charge is 0.487 e. The molecule has 1 N–H and O–H groups in total. The summed E-state index contributed by atoms with van der Waals surface area (Å²) in [5, 5.41) is 2.94. The molecular weight excluding hydrogens is 416 g/mol. The third-order valence-electron chi connectivity index (χ3n) is 5.74. The predicted molar refractivity (Wildman–Crippen MR) is 127 cm³/mol. The van der Waals surface area contributed by atoms with E-state index in [1.54, 1.807) is 30.0 Å². The van der Waals surface area contributed by atoms with E-state index in [9.17, 15) is 9.59 Å². The Morgan fingerprint density at radius 1 is 1.09 bits per heavy atom. The van der Waals surface area contributed by atoms with Crippen molar-refractivity contribution in [1.82, 2.24) is 9.38 Å². The summed E-state index contributed by atoms with van der Waals surface area (Å²) in [4.78, 5) is 30.9. The fourth-order valence-electron chi connectivity index (χ4n) is 4.12. The van der Waals surface area contributed by atoms with Crippen molar-refractivity contribution in [2.75, 3.05) is 16.8 Å². The number of ether oxygens (including phenoxy) is 1. The highest BCUT2D eigenvalue weighted by Gasteiger charge is 2.22. The molecule has 1 aliphatic rings. The van der Waals surface area contributed by atoms with Gasteiger partial charge >= 0.3 is 0 Å². The van der Waals surface area contributed by atoms with Crippen molar-refractivity contribution in [2.45, 2.75) is 26.9 Å². The number of carbonyl (C=O) groups is 2. The number of aryl methyl sites for hydroxylation is 1. The molecule has 2 aromatic carbocycles. The highest BCUT2D eigenvalue weighted by molar-refractivity contribution is 6.05. The van der Waals surface area contributed by atoms with Gasteiger partial charge in [0.15, 0.2) is 0 Å². The topological polar surface area (TPSA) is 75.9 Å². The van der Waals surface area contributed by atoms with Gasteiger partial charge in [-0.1, -0.05) is 12.1 Å². The summed E-state index contributed by atoms with van der Waals surface area (Å²) in [6, 6.07) is 16.7. The van der Waals surface area contributed by atoms with Gasteiger partial charge in [0.1, 0.15) is 18.0 Å². The second kappa shape index (κ2) is 8.43. The van der Waals surface area contributed by atoms with E-state index in [1.807, 2.05) is 60.1 Å². The van der Waals surface area contributed by atoms with Gasteiger partial charge in [0.25, 0.3) is 5.91 Å². The number of nitrogens with one attached hydrogen (secondary N) is 1. The van der Waals surface area contributed by atoms with Crippen LogP contribution < -0.4 is 15.0 Å². The lowest BCUT2D eigenvalue weighted by atomic mass is 10.1. The number of anilines is 2. The Labute approximate surface area is 191 Å². The number of hydrogen-bond donors (Lipinski definition) is 1. The van der Waals surface area contributed by atoms with Gasteiger partial charge in [0, 0.05) is 42.8 Å². The molecule has 0 aliphatic carbocycles. The van der Waals surface area contributed by atoms with Crippen molar-refractivity contribution in [3.05, 3.63) is 89.4 Å². The molecule has 33 heavy (non-hydrogen) atoms. The van der Waals surface area contributed by atoms with E-state index in [-0.39, 0.29) is 11.8 Å². The van der Waals surface area contributed by atoms with E-state index in [1.165, 1.54) is 0 Å². The van der Waals surface area contributed by atoms with Gasteiger partial charge in [-0.2, -0.15) is 0 Å².